The van der Waals surface area contributed by atoms with Gasteiger partial charge in [0.25, 0.3) is 5.91 Å². The predicted octanol–water partition coefficient (Wildman–Crippen LogP) is 1.63. The molecule has 1 saturated heterocycles. The molecule has 2 aromatic carbocycles. The maximum Gasteiger partial charge on any atom is 0.258 e. The number of likely N-dealkylation sites (N-methyl/N-ethyl adjacent to an activating group) is 1. The first-order valence-electron chi connectivity index (χ1n) is 9.59. The van der Waals surface area contributed by atoms with Gasteiger partial charge in [0.2, 0.25) is 10.0 Å². The van der Waals surface area contributed by atoms with Gasteiger partial charge in [0.15, 0.2) is 6.61 Å². The Morgan fingerprint density at radius 1 is 1.03 bits per heavy atom. The molecular weight excluding hydrogens is 390 g/mol. The van der Waals surface area contributed by atoms with Crippen molar-refractivity contribution in [3.05, 3.63) is 59.7 Å². The Balaban J connectivity index is 1.51. The van der Waals surface area contributed by atoms with Crippen molar-refractivity contribution < 1.29 is 17.9 Å². The Bertz CT molecular complexity index is 937. The number of para-hydroxylation sites is 1. The minimum atomic E-state index is -3.48. The van der Waals surface area contributed by atoms with E-state index in [0.717, 1.165) is 24.2 Å². The molecular formula is C21H27N3O4S. The highest BCUT2D eigenvalue weighted by molar-refractivity contribution is 7.89. The van der Waals surface area contributed by atoms with Crippen LogP contribution < -0.4 is 10.1 Å². The molecule has 0 spiro atoms. The number of hydrogen-bond donors (Lipinski definition) is 1. The van der Waals surface area contributed by atoms with Gasteiger partial charge in [0, 0.05) is 32.7 Å². The van der Waals surface area contributed by atoms with E-state index in [1.54, 1.807) is 24.3 Å². The van der Waals surface area contributed by atoms with Crippen LogP contribution in [0.1, 0.15) is 11.1 Å². The summed E-state index contributed by atoms with van der Waals surface area (Å²) in [4.78, 5) is 14.4. The highest BCUT2D eigenvalue weighted by Gasteiger charge is 2.27. The second-order valence-corrected chi connectivity index (χ2v) is 9.12. The third-order valence-corrected chi connectivity index (χ3v) is 6.88. The van der Waals surface area contributed by atoms with E-state index in [1.165, 1.54) is 4.31 Å². The summed E-state index contributed by atoms with van der Waals surface area (Å²) in [5.74, 6) is 0.448. The van der Waals surface area contributed by atoms with Gasteiger partial charge in [0.05, 0.1) is 4.90 Å². The van der Waals surface area contributed by atoms with Crippen molar-refractivity contribution in [2.45, 2.75) is 18.4 Å². The minimum Gasteiger partial charge on any atom is -0.484 e. The summed E-state index contributed by atoms with van der Waals surface area (Å²) in [5.41, 5.74) is 1.80. The number of rotatable bonds is 7. The van der Waals surface area contributed by atoms with Gasteiger partial charge >= 0.3 is 0 Å². The number of carbonyl (C=O) groups excluding carboxylic acids is 1. The monoisotopic (exact) mass is 417 g/mol. The number of ether oxygens (including phenoxy) is 1. The Kier molecular flexibility index (Phi) is 6.89. The van der Waals surface area contributed by atoms with E-state index < -0.39 is 10.0 Å². The second-order valence-electron chi connectivity index (χ2n) is 7.18. The van der Waals surface area contributed by atoms with Crippen molar-refractivity contribution in [3.8, 4) is 5.75 Å². The molecule has 1 aliphatic rings. The maximum absolute atomic E-state index is 12.7. The van der Waals surface area contributed by atoms with E-state index >= 15 is 0 Å². The molecule has 0 radical (unpaired) electrons. The summed E-state index contributed by atoms with van der Waals surface area (Å²) >= 11 is 0. The fourth-order valence-corrected chi connectivity index (χ4v) is 4.49. The molecule has 3 rings (SSSR count). The van der Waals surface area contributed by atoms with Crippen LogP contribution in [-0.2, 0) is 21.4 Å². The number of sulfonamides is 1. The number of nitrogens with one attached hydrogen (secondary N) is 1. The summed E-state index contributed by atoms with van der Waals surface area (Å²) in [6.07, 6.45) is 0. The summed E-state index contributed by atoms with van der Waals surface area (Å²) in [6.45, 7) is 4.62. The van der Waals surface area contributed by atoms with Crippen LogP contribution in [-0.4, -0.2) is 63.4 Å². The molecule has 0 aromatic heterocycles. The SMILES string of the molecule is Cc1ccccc1OCC(=O)NCc1ccc(S(=O)(=O)N2CCN(C)CC2)cc1. The Morgan fingerprint density at radius 3 is 2.34 bits per heavy atom. The Hall–Kier alpha value is -2.42. The van der Waals surface area contributed by atoms with Crippen molar-refractivity contribution in [1.82, 2.24) is 14.5 Å². The van der Waals surface area contributed by atoms with E-state index in [-0.39, 0.29) is 17.4 Å². The molecule has 1 heterocycles. The molecule has 0 unspecified atom stereocenters. The average Bonchev–Trinajstić information content (AvgIpc) is 2.72. The molecule has 1 aliphatic heterocycles. The highest BCUT2D eigenvalue weighted by Crippen LogP contribution is 2.18. The molecule has 7 nitrogen and oxygen atoms in total. The summed E-state index contributed by atoms with van der Waals surface area (Å²) in [7, 11) is -1.49. The van der Waals surface area contributed by atoms with Crippen LogP contribution in [0.3, 0.4) is 0 Å². The quantitative estimate of drug-likeness (QED) is 0.741. The summed E-state index contributed by atoms with van der Waals surface area (Å²) in [6, 6.07) is 14.2. The largest absolute Gasteiger partial charge is 0.484 e. The Labute approximate surface area is 172 Å². The van der Waals surface area contributed by atoms with E-state index in [1.807, 2.05) is 38.2 Å². The lowest BCUT2D eigenvalue weighted by Crippen LogP contribution is -2.47. The van der Waals surface area contributed by atoms with Crippen LogP contribution in [0, 0.1) is 6.92 Å². The predicted molar refractivity (Wildman–Crippen MR) is 111 cm³/mol. The number of amides is 1. The number of carbonyl (C=O) groups is 1. The van der Waals surface area contributed by atoms with Gasteiger partial charge in [-0.05, 0) is 43.3 Å². The lowest BCUT2D eigenvalue weighted by molar-refractivity contribution is -0.123. The molecule has 0 saturated carbocycles. The number of nitrogens with zero attached hydrogens (tertiary/aromatic N) is 2. The summed E-state index contributed by atoms with van der Waals surface area (Å²) < 4.78 is 32.5. The van der Waals surface area contributed by atoms with Crippen LogP contribution >= 0.6 is 0 Å². The van der Waals surface area contributed by atoms with Crippen LogP contribution in [0.25, 0.3) is 0 Å². The molecule has 1 N–H and O–H groups in total. The fraction of sp³-hybridized carbons (Fsp3) is 0.381. The van der Waals surface area contributed by atoms with Gasteiger partial charge in [-0.2, -0.15) is 4.31 Å². The number of piperazine rings is 1. The standard InChI is InChI=1S/C21H27N3O4S/c1-17-5-3-4-6-20(17)28-16-21(25)22-15-18-7-9-19(10-8-18)29(26,27)24-13-11-23(2)12-14-24/h3-10H,11-16H2,1-2H3,(H,22,25). The Morgan fingerprint density at radius 2 is 1.69 bits per heavy atom. The molecule has 2 aromatic rings. The zero-order valence-corrected chi connectivity index (χ0v) is 17.6. The fourth-order valence-electron chi connectivity index (χ4n) is 3.07. The van der Waals surface area contributed by atoms with Gasteiger partial charge in [-0.15, -0.1) is 0 Å². The molecule has 29 heavy (non-hydrogen) atoms. The third kappa shape index (κ3) is 5.56. The third-order valence-electron chi connectivity index (χ3n) is 4.97. The van der Waals surface area contributed by atoms with Gasteiger partial charge in [-0.25, -0.2) is 8.42 Å². The van der Waals surface area contributed by atoms with Gasteiger partial charge in [-0.3, -0.25) is 4.79 Å². The normalized spacial score (nSPS) is 15.8. The number of hydrogen-bond acceptors (Lipinski definition) is 5. The van der Waals surface area contributed by atoms with Gasteiger partial charge < -0.3 is 15.0 Å². The number of aryl methyl sites for hydroxylation is 1. The van der Waals surface area contributed by atoms with E-state index in [2.05, 4.69) is 10.2 Å². The molecule has 0 bridgehead atoms. The van der Waals surface area contributed by atoms with E-state index in [4.69, 9.17) is 4.74 Å². The van der Waals surface area contributed by atoms with Crippen LogP contribution in [0.2, 0.25) is 0 Å². The van der Waals surface area contributed by atoms with Gasteiger partial charge in [0.1, 0.15) is 5.75 Å². The van der Waals surface area contributed by atoms with E-state index in [9.17, 15) is 13.2 Å². The maximum atomic E-state index is 12.7. The van der Waals surface area contributed by atoms with E-state index in [0.29, 0.717) is 25.4 Å². The van der Waals surface area contributed by atoms with Gasteiger partial charge in [-0.1, -0.05) is 30.3 Å². The lowest BCUT2D eigenvalue weighted by atomic mass is 10.2. The highest BCUT2D eigenvalue weighted by atomic mass is 32.2. The molecule has 1 fully saturated rings. The summed E-state index contributed by atoms with van der Waals surface area (Å²) in [5, 5.41) is 2.79. The zero-order chi connectivity index (χ0) is 20.9. The van der Waals surface area contributed by atoms with Crippen LogP contribution in [0.4, 0.5) is 0 Å². The first-order chi connectivity index (χ1) is 13.9. The zero-order valence-electron chi connectivity index (χ0n) is 16.8. The van der Waals surface area contributed by atoms with Crippen molar-refractivity contribution in [2.24, 2.45) is 0 Å². The molecule has 156 valence electrons. The van der Waals surface area contributed by atoms with Crippen molar-refractivity contribution in [1.29, 1.82) is 0 Å². The van der Waals surface area contributed by atoms with Crippen molar-refractivity contribution in [2.75, 3.05) is 39.8 Å². The average molecular weight is 418 g/mol. The first-order valence-corrected chi connectivity index (χ1v) is 11.0. The number of benzene rings is 2. The molecule has 1 amide bonds. The van der Waals surface area contributed by atoms with Crippen LogP contribution in [0.15, 0.2) is 53.4 Å². The van der Waals surface area contributed by atoms with Crippen LogP contribution in [0.5, 0.6) is 5.75 Å². The van der Waals surface area contributed by atoms with Crippen molar-refractivity contribution >= 4 is 15.9 Å². The molecule has 0 atom stereocenters. The van der Waals surface area contributed by atoms with Crippen molar-refractivity contribution in [3.63, 3.8) is 0 Å². The molecule has 0 aliphatic carbocycles. The molecule has 8 heteroatoms. The smallest absolute Gasteiger partial charge is 0.258 e. The topological polar surface area (TPSA) is 78.9 Å². The minimum absolute atomic E-state index is 0.0687. The first kappa shape index (κ1) is 21.3. The lowest BCUT2D eigenvalue weighted by Gasteiger charge is -2.31. The second kappa shape index (κ2) is 9.39.